The van der Waals surface area contributed by atoms with Crippen LogP contribution in [0.15, 0.2) is 24.3 Å². The molecule has 23 heavy (non-hydrogen) atoms. The van der Waals surface area contributed by atoms with Crippen LogP contribution in [-0.2, 0) is 16.1 Å². The number of hydrogen-bond acceptors (Lipinski definition) is 5. The van der Waals surface area contributed by atoms with Gasteiger partial charge in [-0.1, -0.05) is 5.21 Å². The Balaban J connectivity index is 1.99. The monoisotopic (exact) mass is 315 g/mol. The number of rotatable bonds is 5. The van der Waals surface area contributed by atoms with E-state index in [2.05, 4.69) is 20.9 Å². The van der Waals surface area contributed by atoms with Gasteiger partial charge in [-0.2, -0.15) is 0 Å². The van der Waals surface area contributed by atoms with Crippen LogP contribution in [0.1, 0.15) is 30.0 Å². The van der Waals surface area contributed by atoms with Crippen molar-refractivity contribution in [1.29, 1.82) is 0 Å². The van der Waals surface area contributed by atoms with Crippen molar-refractivity contribution >= 4 is 29.0 Å². The highest BCUT2D eigenvalue weighted by atomic mass is 16.2. The normalized spacial score (nSPS) is 10.2. The number of hydrogen-bond donors (Lipinski definition) is 2. The van der Waals surface area contributed by atoms with Crippen LogP contribution in [0.4, 0.5) is 11.4 Å². The Bertz CT molecular complexity index is 749. The highest BCUT2D eigenvalue weighted by molar-refractivity contribution is 5.94. The summed E-state index contributed by atoms with van der Waals surface area (Å²) in [5.41, 5.74) is 2.05. The van der Waals surface area contributed by atoms with E-state index < -0.39 is 0 Å². The maximum atomic E-state index is 12.0. The maximum Gasteiger partial charge on any atom is 0.246 e. The first-order valence-electron chi connectivity index (χ1n) is 6.95. The lowest BCUT2D eigenvalue weighted by Gasteiger charge is -2.07. The van der Waals surface area contributed by atoms with E-state index in [1.807, 2.05) is 0 Å². The topological polar surface area (TPSA) is 106 Å². The van der Waals surface area contributed by atoms with E-state index in [4.69, 9.17) is 0 Å². The van der Waals surface area contributed by atoms with Crippen molar-refractivity contribution in [2.75, 3.05) is 10.6 Å². The molecule has 0 bridgehead atoms. The number of carbonyl (C=O) groups is 3. The average Bonchev–Trinajstić information content (AvgIpc) is 2.82. The highest BCUT2D eigenvalue weighted by Gasteiger charge is 2.14. The number of carbonyl (C=O) groups excluding carboxylic acids is 3. The van der Waals surface area contributed by atoms with Crippen molar-refractivity contribution in [2.45, 2.75) is 27.3 Å². The number of anilines is 2. The maximum absolute atomic E-state index is 12.0. The zero-order valence-electron chi connectivity index (χ0n) is 13.1. The molecule has 0 fully saturated rings. The molecule has 8 nitrogen and oxygen atoms in total. The molecule has 0 aliphatic rings. The van der Waals surface area contributed by atoms with Crippen molar-refractivity contribution in [1.82, 2.24) is 15.0 Å². The number of Topliss-reactive ketones (excluding diaryl/α,β-unsaturated/α-hetero) is 1. The van der Waals surface area contributed by atoms with Crippen molar-refractivity contribution in [3.8, 4) is 0 Å². The summed E-state index contributed by atoms with van der Waals surface area (Å²) in [5.74, 6) is -0.646. The van der Waals surface area contributed by atoms with Crippen molar-refractivity contribution in [3.05, 3.63) is 35.7 Å². The Morgan fingerprint density at radius 3 is 2.09 bits per heavy atom. The van der Waals surface area contributed by atoms with Crippen LogP contribution in [-0.4, -0.2) is 32.6 Å². The van der Waals surface area contributed by atoms with Crippen LogP contribution in [0.2, 0.25) is 0 Å². The van der Waals surface area contributed by atoms with Crippen LogP contribution in [0.3, 0.4) is 0 Å². The third-order valence-electron chi connectivity index (χ3n) is 3.10. The van der Waals surface area contributed by atoms with E-state index in [1.54, 1.807) is 31.2 Å². The molecule has 0 unspecified atom stereocenters. The van der Waals surface area contributed by atoms with E-state index in [0.717, 1.165) is 0 Å². The molecule has 0 saturated heterocycles. The van der Waals surface area contributed by atoms with Gasteiger partial charge in [-0.15, -0.1) is 5.10 Å². The van der Waals surface area contributed by atoms with Gasteiger partial charge in [0.2, 0.25) is 11.8 Å². The molecule has 8 heteroatoms. The number of amides is 2. The smallest absolute Gasteiger partial charge is 0.246 e. The van der Waals surface area contributed by atoms with E-state index >= 15 is 0 Å². The zero-order chi connectivity index (χ0) is 17.0. The second-order valence-corrected chi connectivity index (χ2v) is 5.04. The summed E-state index contributed by atoms with van der Waals surface area (Å²) in [6, 6.07) is 6.73. The molecule has 0 atom stereocenters. The molecular weight excluding hydrogens is 298 g/mol. The van der Waals surface area contributed by atoms with E-state index in [-0.39, 0.29) is 29.8 Å². The minimum Gasteiger partial charge on any atom is -0.326 e. The van der Waals surface area contributed by atoms with E-state index in [0.29, 0.717) is 17.1 Å². The summed E-state index contributed by atoms with van der Waals surface area (Å²) in [6.07, 6.45) is 0. The first kappa shape index (κ1) is 16.3. The molecule has 2 aromatic rings. The predicted molar refractivity (Wildman–Crippen MR) is 84.1 cm³/mol. The summed E-state index contributed by atoms with van der Waals surface area (Å²) in [7, 11) is 0. The molecule has 120 valence electrons. The Morgan fingerprint density at radius 1 is 1.04 bits per heavy atom. The van der Waals surface area contributed by atoms with Gasteiger partial charge in [-0.3, -0.25) is 14.4 Å². The fourth-order valence-corrected chi connectivity index (χ4v) is 2.01. The molecule has 2 rings (SSSR count). The zero-order valence-corrected chi connectivity index (χ0v) is 13.1. The fourth-order valence-electron chi connectivity index (χ4n) is 2.01. The molecule has 0 spiro atoms. The number of nitrogens with one attached hydrogen (secondary N) is 2. The van der Waals surface area contributed by atoms with Gasteiger partial charge in [0.25, 0.3) is 0 Å². The molecular formula is C15H17N5O3. The lowest BCUT2D eigenvalue weighted by molar-refractivity contribution is -0.117. The summed E-state index contributed by atoms with van der Waals surface area (Å²) in [5, 5.41) is 12.9. The van der Waals surface area contributed by atoms with E-state index in [1.165, 1.54) is 18.5 Å². The Morgan fingerprint density at radius 2 is 1.61 bits per heavy atom. The summed E-state index contributed by atoms with van der Waals surface area (Å²) >= 11 is 0. The molecule has 1 aromatic carbocycles. The minimum absolute atomic E-state index is 0.0421. The second kappa shape index (κ2) is 6.82. The molecule has 0 radical (unpaired) electrons. The van der Waals surface area contributed by atoms with Crippen molar-refractivity contribution in [3.63, 3.8) is 0 Å². The molecule has 1 aromatic heterocycles. The lowest BCUT2D eigenvalue weighted by Crippen LogP contribution is -2.20. The Kier molecular flexibility index (Phi) is 4.85. The quantitative estimate of drug-likeness (QED) is 0.811. The largest absolute Gasteiger partial charge is 0.326 e. The number of aromatic nitrogens is 3. The predicted octanol–water partition coefficient (Wildman–Crippen LogP) is 1.39. The molecule has 1 heterocycles. The molecule has 0 saturated carbocycles. The minimum atomic E-state index is -0.291. The standard InChI is InChI=1S/C15H17N5O3/c1-9-15(10(2)21)18-19-20(9)8-14(23)17-13-6-4-12(5-7-13)16-11(3)22/h4-7H,8H2,1-3H3,(H,16,22)(H,17,23). The van der Waals surface area contributed by atoms with Gasteiger partial charge < -0.3 is 10.6 Å². The van der Waals surface area contributed by atoms with Gasteiger partial charge in [-0.25, -0.2) is 4.68 Å². The third-order valence-corrected chi connectivity index (χ3v) is 3.10. The van der Waals surface area contributed by atoms with Crippen molar-refractivity contribution in [2.24, 2.45) is 0 Å². The SMILES string of the molecule is CC(=O)Nc1ccc(NC(=O)Cn2nnc(C(C)=O)c2C)cc1. The van der Waals surface area contributed by atoms with Gasteiger partial charge in [0.05, 0.1) is 5.69 Å². The lowest BCUT2D eigenvalue weighted by atomic mass is 10.2. The number of benzene rings is 1. The third kappa shape index (κ3) is 4.22. The molecule has 2 N–H and O–H groups in total. The Hall–Kier alpha value is -3.03. The number of ketones is 1. The van der Waals surface area contributed by atoms with Gasteiger partial charge >= 0.3 is 0 Å². The summed E-state index contributed by atoms with van der Waals surface area (Å²) < 4.78 is 1.37. The van der Waals surface area contributed by atoms with Gasteiger partial charge in [0, 0.05) is 25.2 Å². The first-order chi connectivity index (χ1) is 10.9. The second-order valence-electron chi connectivity index (χ2n) is 5.04. The highest BCUT2D eigenvalue weighted by Crippen LogP contribution is 2.13. The molecule has 0 aliphatic heterocycles. The summed E-state index contributed by atoms with van der Waals surface area (Å²) in [4.78, 5) is 34.3. The van der Waals surface area contributed by atoms with Gasteiger partial charge in [0.1, 0.15) is 6.54 Å². The number of nitrogens with zero attached hydrogens (tertiary/aromatic N) is 3. The Labute approximate surface area is 132 Å². The fraction of sp³-hybridized carbons (Fsp3) is 0.267. The average molecular weight is 315 g/mol. The van der Waals surface area contributed by atoms with Gasteiger partial charge in [-0.05, 0) is 31.2 Å². The first-order valence-corrected chi connectivity index (χ1v) is 6.95. The molecule has 0 aliphatic carbocycles. The van der Waals surface area contributed by atoms with Crippen LogP contribution in [0.5, 0.6) is 0 Å². The molecule has 2 amide bonds. The van der Waals surface area contributed by atoms with Crippen LogP contribution < -0.4 is 10.6 Å². The van der Waals surface area contributed by atoms with Crippen LogP contribution in [0.25, 0.3) is 0 Å². The van der Waals surface area contributed by atoms with Gasteiger partial charge in [0.15, 0.2) is 11.5 Å². The van der Waals surface area contributed by atoms with Crippen LogP contribution in [0, 0.1) is 6.92 Å². The van der Waals surface area contributed by atoms with Crippen LogP contribution >= 0.6 is 0 Å². The van der Waals surface area contributed by atoms with E-state index in [9.17, 15) is 14.4 Å². The summed E-state index contributed by atoms with van der Waals surface area (Å²) in [6.45, 7) is 4.47. The van der Waals surface area contributed by atoms with Crippen molar-refractivity contribution < 1.29 is 14.4 Å².